The van der Waals surface area contributed by atoms with E-state index in [2.05, 4.69) is 10.3 Å². The van der Waals surface area contributed by atoms with Gasteiger partial charge in [-0.1, -0.05) is 64.6 Å². The summed E-state index contributed by atoms with van der Waals surface area (Å²) < 4.78 is 38.7. The van der Waals surface area contributed by atoms with Gasteiger partial charge in [-0.15, -0.1) is 0 Å². The Balaban J connectivity index is 1.83. The fraction of sp³-hybridized carbons (Fsp3) is 0.250. The van der Waals surface area contributed by atoms with Gasteiger partial charge in [-0.05, 0) is 43.7 Å². The van der Waals surface area contributed by atoms with E-state index in [1.165, 1.54) is 18.2 Å². The number of carbonyl (C=O) groups is 1. The van der Waals surface area contributed by atoms with Crippen molar-refractivity contribution in [1.29, 1.82) is 0 Å². The van der Waals surface area contributed by atoms with Crippen molar-refractivity contribution in [3.8, 4) is 5.75 Å². The summed E-state index contributed by atoms with van der Waals surface area (Å²) in [6.45, 7) is 3.46. The average molecular weight is 607 g/mol. The summed E-state index contributed by atoms with van der Waals surface area (Å²) in [5.74, 6) is -0.296. The minimum Gasteiger partial charge on any atom is -0.492 e. The molecular weight excluding hydrogens is 584 g/mol. The van der Waals surface area contributed by atoms with Crippen molar-refractivity contribution in [3.63, 3.8) is 0 Å². The van der Waals surface area contributed by atoms with Crippen molar-refractivity contribution < 1.29 is 22.7 Å². The number of benzene rings is 2. The van der Waals surface area contributed by atoms with Gasteiger partial charge in [0.05, 0.1) is 22.9 Å². The number of pyridine rings is 1. The molecule has 0 saturated carbocycles. The van der Waals surface area contributed by atoms with E-state index >= 15 is 0 Å². The number of nitrogens with one attached hydrogen (secondary N) is 1. The Morgan fingerprint density at radius 1 is 1.03 bits per heavy atom. The van der Waals surface area contributed by atoms with E-state index in [9.17, 15) is 13.2 Å². The fourth-order valence-electron chi connectivity index (χ4n) is 3.30. The van der Waals surface area contributed by atoms with Gasteiger partial charge in [0.2, 0.25) is 0 Å². The van der Waals surface area contributed by atoms with E-state index in [4.69, 9.17) is 55.9 Å². The molecule has 1 N–H and O–H groups in total. The maximum atomic E-state index is 13.4. The maximum Gasteiger partial charge on any atom is 0.326 e. The third-order valence-electron chi connectivity index (χ3n) is 4.90. The van der Waals surface area contributed by atoms with Crippen LogP contribution < -0.4 is 14.4 Å². The molecule has 3 rings (SSSR count). The number of nitrogens with zero attached hydrogens (tertiary/aromatic N) is 2. The molecule has 13 heteroatoms. The van der Waals surface area contributed by atoms with E-state index in [1.807, 2.05) is 0 Å². The van der Waals surface area contributed by atoms with E-state index < -0.39 is 22.5 Å². The molecule has 0 bridgehead atoms. The molecule has 0 aliphatic carbocycles. The molecular formula is C24H23Cl4N3O5S. The number of anilines is 2. The Hall–Kier alpha value is -2.43. The summed E-state index contributed by atoms with van der Waals surface area (Å²) in [5, 5.41) is 3.25. The molecule has 0 unspecified atom stereocenters. The molecule has 0 amide bonds. The van der Waals surface area contributed by atoms with Crippen molar-refractivity contribution >= 4 is 73.8 Å². The van der Waals surface area contributed by atoms with Gasteiger partial charge in [0, 0.05) is 12.6 Å². The normalized spacial score (nSPS) is 11.2. The average Bonchev–Trinajstić information content (AvgIpc) is 2.86. The van der Waals surface area contributed by atoms with Crippen molar-refractivity contribution in [3.05, 3.63) is 74.4 Å². The smallest absolute Gasteiger partial charge is 0.326 e. The number of esters is 1. The molecule has 2 aromatic carbocycles. The first-order chi connectivity index (χ1) is 17.5. The predicted octanol–water partition coefficient (Wildman–Crippen LogP) is 6.25. The fourth-order valence-corrected chi connectivity index (χ4v) is 5.57. The number of ether oxygens (including phenoxy) is 2. The Morgan fingerprint density at radius 2 is 1.68 bits per heavy atom. The third kappa shape index (κ3) is 7.33. The van der Waals surface area contributed by atoms with Crippen LogP contribution in [0.1, 0.15) is 12.5 Å². The molecule has 0 aliphatic heterocycles. The van der Waals surface area contributed by atoms with Crippen molar-refractivity contribution in [2.75, 3.05) is 35.9 Å². The second kappa shape index (κ2) is 12.9. The van der Waals surface area contributed by atoms with Crippen LogP contribution in [0.5, 0.6) is 5.75 Å². The highest BCUT2D eigenvalue weighted by Crippen LogP contribution is 2.38. The number of sulfonamides is 1. The zero-order valence-electron chi connectivity index (χ0n) is 19.8. The van der Waals surface area contributed by atoms with E-state index in [0.717, 1.165) is 9.87 Å². The Morgan fingerprint density at radius 3 is 2.30 bits per heavy atom. The molecule has 8 nitrogen and oxygen atoms in total. The largest absolute Gasteiger partial charge is 0.492 e. The number of aryl methyl sites for hydroxylation is 1. The Labute approximate surface area is 235 Å². The Kier molecular flexibility index (Phi) is 10.1. The lowest BCUT2D eigenvalue weighted by Gasteiger charge is -2.24. The van der Waals surface area contributed by atoms with Crippen LogP contribution in [0.15, 0.2) is 53.4 Å². The van der Waals surface area contributed by atoms with Crippen LogP contribution in [0.2, 0.25) is 20.4 Å². The standard InChI is InChI=1S/C24H23Cl4N3O5S/c1-3-35-19(32)14-31(37(33,34)18-7-5-4-6-8-18)16-11-15(2)12-17(13-16)36-10-9-29-22-20(25)23(27)30-24(28)21(22)26/h4-8,11-13H,3,9-10,14H2,1-2H3,(H,29,30). The topological polar surface area (TPSA) is 97.8 Å². The predicted molar refractivity (Wildman–Crippen MR) is 147 cm³/mol. The highest BCUT2D eigenvalue weighted by atomic mass is 35.5. The minimum absolute atomic E-state index is 0.00382. The lowest BCUT2D eigenvalue weighted by molar-refractivity contribution is -0.141. The van der Waals surface area contributed by atoms with Crippen LogP contribution in [-0.4, -0.2) is 45.7 Å². The maximum absolute atomic E-state index is 13.4. The van der Waals surface area contributed by atoms with Gasteiger partial charge in [0.1, 0.15) is 28.9 Å². The molecule has 0 fully saturated rings. The summed E-state index contributed by atoms with van der Waals surface area (Å²) in [4.78, 5) is 16.2. The molecule has 1 heterocycles. The van der Waals surface area contributed by atoms with Gasteiger partial charge in [-0.3, -0.25) is 9.10 Å². The molecule has 0 radical (unpaired) electrons. The molecule has 0 atom stereocenters. The number of halogens is 4. The van der Waals surface area contributed by atoms with Gasteiger partial charge < -0.3 is 14.8 Å². The quantitative estimate of drug-likeness (QED) is 0.156. The van der Waals surface area contributed by atoms with Gasteiger partial charge in [-0.25, -0.2) is 13.4 Å². The summed E-state index contributed by atoms with van der Waals surface area (Å²) >= 11 is 24.2. The second-order valence-electron chi connectivity index (χ2n) is 7.61. The highest BCUT2D eigenvalue weighted by Gasteiger charge is 2.28. The van der Waals surface area contributed by atoms with E-state index in [-0.39, 0.29) is 50.7 Å². The number of aromatic nitrogens is 1. The van der Waals surface area contributed by atoms with Crippen molar-refractivity contribution in [2.24, 2.45) is 0 Å². The van der Waals surface area contributed by atoms with Gasteiger partial charge >= 0.3 is 5.97 Å². The molecule has 3 aromatic rings. The molecule has 0 aliphatic rings. The van der Waals surface area contributed by atoms with Crippen LogP contribution in [0.4, 0.5) is 11.4 Å². The van der Waals surface area contributed by atoms with Crippen LogP contribution in [0, 0.1) is 6.92 Å². The first-order valence-corrected chi connectivity index (χ1v) is 13.9. The first kappa shape index (κ1) is 29.1. The number of hydrogen-bond acceptors (Lipinski definition) is 7. The summed E-state index contributed by atoms with van der Waals surface area (Å²) in [6, 6.07) is 12.7. The summed E-state index contributed by atoms with van der Waals surface area (Å²) in [6.07, 6.45) is 0. The van der Waals surface area contributed by atoms with Crippen molar-refractivity contribution in [1.82, 2.24) is 4.98 Å². The second-order valence-corrected chi connectivity index (χ2v) is 10.9. The van der Waals surface area contributed by atoms with Gasteiger partial charge in [-0.2, -0.15) is 0 Å². The number of hydrogen-bond donors (Lipinski definition) is 1. The van der Waals surface area contributed by atoms with Gasteiger partial charge in [0.15, 0.2) is 10.3 Å². The van der Waals surface area contributed by atoms with Crippen LogP contribution in [0.3, 0.4) is 0 Å². The van der Waals surface area contributed by atoms with Gasteiger partial charge in [0.25, 0.3) is 10.0 Å². The molecule has 0 spiro atoms. The van der Waals surface area contributed by atoms with Crippen LogP contribution in [0.25, 0.3) is 0 Å². The van der Waals surface area contributed by atoms with Crippen molar-refractivity contribution in [2.45, 2.75) is 18.7 Å². The monoisotopic (exact) mass is 605 g/mol. The molecule has 198 valence electrons. The molecule has 0 saturated heterocycles. The summed E-state index contributed by atoms with van der Waals surface area (Å²) in [5.41, 5.74) is 1.28. The minimum atomic E-state index is -4.08. The zero-order chi connectivity index (χ0) is 27.2. The van der Waals surface area contributed by atoms with E-state index in [0.29, 0.717) is 11.4 Å². The van der Waals surface area contributed by atoms with E-state index in [1.54, 1.807) is 44.2 Å². The first-order valence-electron chi connectivity index (χ1n) is 11.0. The lowest BCUT2D eigenvalue weighted by Crippen LogP contribution is -2.36. The molecule has 37 heavy (non-hydrogen) atoms. The lowest BCUT2D eigenvalue weighted by atomic mass is 10.2. The molecule has 1 aromatic heterocycles. The number of carbonyl (C=O) groups excluding carboxylic acids is 1. The highest BCUT2D eigenvalue weighted by molar-refractivity contribution is 7.92. The van der Waals surface area contributed by atoms with Crippen LogP contribution in [-0.2, 0) is 19.6 Å². The van der Waals surface area contributed by atoms with Crippen LogP contribution >= 0.6 is 46.4 Å². The SMILES string of the molecule is CCOC(=O)CN(c1cc(C)cc(OCCNc2c(Cl)c(Cl)nc(Cl)c2Cl)c1)S(=O)(=O)c1ccccc1. The zero-order valence-corrected chi connectivity index (χ0v) is 23.6. The summed E-state index contributed by atoms with van der Waals surface area (Å²) in [7, 11) is -4.08. The number of rotatable bonds is 11. The Bertz CT molecular complexity index is 1350. The third-order valence-corrected chi connectivity index (χ3v) is 8.17.